The largest absolute Gasteiger partial charge is 0.376 e. The zero-order valence-corrected chi connectivity index (χ0v) is 13.5. The maximum absolute atomic E-state index is 6.05. The van der Waals surface area contributed by atoms with Gasteiger partial charge in [0.1, 0.15) is 0 Å². The van der Waals surface area contributed by atoms with Gasteiger partial charge in [0.2, 0.25) is 0 Å². The van der Waals surface area contributed by atoms with Gasteiger partial charge in [-0.15, -0.1) is 0 Å². The van der Waals surface area contributed by atoms with E-state index in [0.717, 1.165) is 30.1 Å². The average Bonchev–Trinajstić information content (AvgIpc) is 2.41. The second-order valence-electron chi connectivity index (χ2n) is 5.04. The second-order valence-corrected chi connectivity index (χ2v) is 5.47. The third-order valence-corrected chi connectivity index (χ3v) is 3.07. The lowest BCUT2D eigenvalue weighted by Gasteiger charge is -2.19. The highest BCUT2D eigenvalue weighted by molar-refractivity contribution is 6.30. The predicted molar refractivity (Wildman–Crippen MR) is 84.4 cm³/mol. The van der Waals surface area contributed by atoms with Crippen LogP contribution in [0.2, 0.25) is 5.02 Å². The maximum atomic E-state index is 6.05. The molecular formula is C16H26ClNO2. The van der Waals surface area contributed by atoms with Gasteiger partial charge in [0.05, 0.1) is 25.4 Å². The fourth-order valence-electron chi connectivity index (χ4n) is 1.86. The summed E-state index contributed by atoms with van der Waals surface area (Å²) in [5.41, 5.74) is 1.10. The second kappa shape index (κ2) is 10.2. The maximum Gasteiger partial charge on any atom is 0.0950 e. The van der Waals surface area contributed by atoms with Gasteiger partial charge in [-0.05, 0) is 44.5 Å². The Morgan fingerprint density at radius 2 is 1.95 bits per heavy atom. The highest BCUT2D eigenvalue weighted by Gasteiger charge is 2.12. The van der Waals surface area contributed by atoms with E-state index in [2.05, 4.69) is 12.2 Å². The molecule has 0 spiro atoms. The molecule has 0 saturated heterocycles. The van der Waals surface area contributed by atoms with E-state index >= 15 is 0 Å². The molecule has 0 fully saturated rings. The van der Waals surface area contributed by atoms with Crippen molar-refractivity contribution in [3.63, 3.8) is 0 Å². The molecule has 0 aliphatic heterocycles. The predicted octanol–water partition coefficient (Wildman–Crippen LogP) is 3.82. The zero-order chi connectivity index (χ0) is 14.8. The Balaban J connectivity index is 2.51. The molecule has 0 aliphatic rings. The van der Waals surface area contributed by atoms with Crippen LogP contribution in [-0.2, 0) is 9.47 Å². The molecule has 0 saturated carbocycles. The molecule has 0 aliphatic carbocycles. The van der Waals surface area contributed by atoms with Crippen molar-refractivity contribution in [3.05, 3.63) is 34.9 Å². The van der Waals surface area contributed by atoms with Crippen LogP contribution in [0.5, 0.6) is 0 Å². The molecule has 1 atom stereocenters. The van der Waals surface area contributed by atoms with E-state index < -0.39 is 0 Å². The van der Waals surface area contributed by atoms with Gasteiger partial charge in [-0.2, -0.15) is 0 Å². The summed E-state index contributed by atoms with van der Waals surface area (Å²) >= 11 is 6.05. The van der Waals surface area contributed by atoms with Gasteiger partial charge in [0, 0.05) is 11.6 Å². The first kappa shape index (κ1) is 17.4. The number of hydrogen-bond acceptors (Lipinski definition) is 3. The molecular weight excluding hydrogens is 274 g/mol. The minimum Gasteiger partial charge on any atom is -0.376 e. The van der Waals surface area contributed by atoms with Crippen LogP contribution in [0.4, 0.5) is 0 Å². The standard InChI is InChI=1S/C16H26ClNO2/c1-4-8-18-12-16(20-10-9-19-13(2)3)14-6-5-7-15(17)11-14/h5-7,11,13,16,18H,4,8-10,12H2,1-3H3. The first-order valence-electron chi connectivity index (χ1n) is 7.32. The number of ether oxygens (including phenoxy) is 2. The Morgan fingerprint density at radius 3 is 2.60 bits per heavy atom. The summed E-state index contributed by atoms with van der Waals surface area (Å²) in [5.74, 6) is 0. The van der Waals surface area contributed by atoms with Crippen LogP contribution >= 0.6 is 11.6 Å². The van der Waals surface area contributed by atoms with Gasteiger partial charge in [-0.1, -0.05) is 30.7 Å². The lowest BCUT2D eigenvalue weighted by atomic mass is 10.1. The number of halogens is 1. The van der Waals surface area contributed by atoms with Gasteiger partial charge < -0.3 is 14.8 Å². The highest BCUT2D eigenvalue weighted by Crippen LogP contribution is 2.20. The number of rotatable bonds is 10. The van der Waals surface area contributed by atoms with Gasteiger partial charge >= 0.3 is 0 Å². The van der Waals surface area contributed by atoms with E-state index in [9.17, 15) is 0 Å². The molecule has 20 heavy (non-hydrogen) atoms. The van der Waals surface area contributed by atoms with Crippen molar-refractivity contribution in [2.24, 2.45) is 0 Å². The van der Waals surface area contributed by atoms with Gasteiger partial charge in [0.15, 0.2) is 0 Å². The molecule has 0 heterocycles. The molecule has 1 unspecified atom stereocenters. The van der Waals surface area contributed by atoms with E-state index in [1.807, 2.05) is 38.1 Å². The minimum atomic E-state index is 0.0102. The Hall–Kier alpha value is -0.610. The van der Waals surface area contributed by atoms with Crippen molar-refractivity contribution in [1.82, 2.24) is 5.32 Å². The fraction of sp³-hybridized carbons (Fsp3) is 0.625. The third-order valence-electron chi connectivity index (χ3n) is 2.83. The molecule has 3 nitrogen and oxygen atoms in total. The molecule has 4 heteroatoms. The summed E-state index contributed by atoms with van der Waals surface area (Å²) in [7, 11) is 0. The molecule has 1 aromatic rings. The minimum absolute atomic E-state index is 0.0102. The summed E-state index contributed by atoms with van der Waals surface area (Å²) in [5, 5.41) is 4.13. The summed E-state index contributed by atoms with van der Waals surface area (Å²) in [6.07, 6.45) is 1.36. The highest BCUT2D eigenvalue weighted by atomic mass is 35.5. The molecule has 114 valence electrons. The van der Waals surface area contributed by atoms with Crippen LogP contribution in [0.25, 0.3) is 0 Å². The van der Waals surface area contributed by atoms with E-state index in [1.165, 1.54) is 0 Å². The Morgan fingerprint density at radius 1 is 1.20 bits per heavy atom. The van der Waals surface area contributed by atoms with E-state index in [0.29, 0.717) is 13.2 Å². The molecule has 0 radical (unpaired) electrons. The van der Waals surface area contributed by atoms with Crippen molar-refractivity contribution < 1.29 is 9.47 Å². The topological polar surface area (TPSA) is 30.5 Å². The van der Waals surface area contributed by atoms with E-state index in [4.69, 9.17) is 21.1 Å². The Bertz CT molecular complexity index is 371. The summed E-state index contributed by atoms with van der Waals surface area (Å²) < 4.78 is 11.4. The molecule has 1 rings (SSSR count). The summed E-state index contributed by atoms with van der Waals surface area (Å²) in [6, 6.07) is 7.85. The fourth-order valence-corrected chi connectivity index (χ4v) is 2.06. The van der Waals surface area contributed by atoms with Crippen LogP contribution in [0.3, 0.4) is 0 Å². The van der Waals surface area contributed by atoms with Crippen LogP contribution in [0.1, 0.15) is 38.9 Å². The van der Waals surface area contributed by atoms with Crippen LogP contribution in [0.15, 0.2) is 24.3 Å². The van der Waals surface area contributed by atoms with Crippen LogP contribution in [0, 0.1) is 0 Å². The number of nitrogens with one attached hydrogen (secondary N) is 1. The molecule has 0 bridgehead atoms. The van der Waals surface area contributed by atoms with Gasteiger partial charge in [-0.3, -0.25) is 0 Å². The first-order valence-corrected chi connectivity index (χ1v) is 7.70. The SMILES string of the molecule is CCCNCC(OCCOC(C)C)c1cccc(Cl)c1. The average molecular weight is 300 g/mol. The van der Waals surface area contributed by atoms with E-state index in [1.54, 1.807) is 0 Å². The monoisotopic (exact) mass is 299 g/mol. The van der Waals surface area contributed by atoms with Crippen LogP contribution < -0.4 is 5.32 Å². The lowest BCUT2D eigenvalue weighted by molar-refractivity contribution is -0.0129. The van der Waals surface area contributed by atoms with Crippen molar-refractivity contribution in [3.8, 4) is 0 Å². The summed E-state index contributed by atoms with van der Waals surface area (Å²) in [6.45, 7) is 9.18. The number of hydrogen-bond donors (Lipinski definition) is 1. The zero-order valence-electron chi connectivity index (χ0n) is 12.7. The molecule has 0 amide bonds. The molecule has 1 aromatic carbocycles. The van der Waals surface area contributed by atoms with Crippen molar-refractivity contribution in [2.45, 2.75) is 39.4 Å². The molecule has 1 N–H and O–H groups in total. The Kier molecular flexibility index (Phi) is 8.86. The van der Waals surface area contributed by atoms with Crippen molar-refractivity contribution in [1.29, 1.82) is 0 Å². The smallest absolute Gasteiger partial charge is 0.0950 e. The van der Waals surface area contributed by atoms with E-state index in [-0.39, 0.29) is 12.2 Å². The normalized spacial score (nSPS) is 12.8. The Labute approximate surface area is 127 Å². The molecule has 0 aromatic heterocycles. The van der Waals surface area contributed by atoms with Gasteiger partial charge in [0.25, 0.3) is 0 Å². The van der Waals surface area contributed by atoms with Gasteiger partial charge in [-0.25, -0.2) is 0 Å². The van der Waals surface area contributed by atoms with Crippen LogP contribution in [-0.4, -0.2) is 32.4 Å². The first-order chi connectivity index (χ1) is 9.63. The lowest BCUT2D eigenvalue weighted by Crippen LogP contribution is -2.25. The summed E-state index contributed by atoms with van der Waals surface area (Å²) in [4.78, 5) is 0. The number of benzene rings is 1. The van der Waals surface area contributed by atoms with Crippen molar-refractivity contribution >= 4 is 11.6 Å². The third kappa shape index (κ3) is 7.25. The van der Waals surface area contributed by atoms with Crippen molar-refractivity contribution in [2.75, 3.05) is 26.3 Å². The quantitative estimate of drug-likeness (QED) is 0.666.